The van der Waals surface area contributed by atoms with E-state index in [-0.39, 0.29) is 113 Å². The summed E-state index contributed by atoms with van der Waals surface area (Å²) in [5.41, 5.74) is -2.20. The SMILES string of the molecule is CC1(C)CN(Cc2ccc(OCCOCCOCCOCCOc3cccc4c3C(=O)N(C3CCC(=O)NC3=O)C4=O)cc2F)C(=O)C1Oc1ccc(C#N)c(C(F)(F)F)c1. The molecule has 3 aromatic carbocycles. The number of carbonyl (C=O) groups excluding carboxylic acids is 5. The van der Waals surface area contributed by atoms with Crippen LogP contribution in [0.2, 0.25) is 0 Å². The first-order valence-electron chi connectivity index (χ1n) is 19.3. The van der Waals surface area contributed by atoms with Gasteiger partial charge in [0.1, 0.15) is 42.3 Å². The van der Waals surface area contributed by atoms with Gasteiger partial charge in [0.25, 0.3) is 17.7 Å². The second-order valence-corrected chi connectivity index (χ2v) is 14.9. The van der Waals surface area contributed by atoms with E-state index in [0.29, 0.717) is 6.07 Å². The molecule has 15 nitrogen and oxygen atoms in total. The van der Waals surface area contributed by atoms with Crippen LogP contribution in [-0.4, -0.2) is 111 Å². The number of amides is 5. The molecule has 19 heteroatoms. The lowest BCUT2D eigenvalue weighted by Crippen LogP contribution is -2.54. The van der Waals surface area contributed by atoms with Crippen LogP contribution in [0.5, 0.6) is 17.2 Å². The molecule has 0 radical (unpaired) electrons. The normalized spacial score (nSPS) is 18.6. The molecule has 0 aliphatic carbocycles. The van der Waals surface area contributed by atoms with Crippen LogP contribution in [0, 0.1) is 22.6 Å². The molecule has 6 rings (SSSR count). The highest BCUT2D eigenvalue weighted by molar-refractivity contribution is 6.24. The molecule has 3 heterocycles. The van der Waals surface area contributed by atoms with E-state index in [2.05, 4.69) is 5.32 Å². The van der Waals surface area contributed by atoms with Crippen molar-refractivity contribution in [1.29, 1.82) is 5.26 Å². The first-order chi connectivity index (χ1) is 29.1. The Morgan fingerprint density at radius 1 is 0.836 bits per heavy atom. The summed E-state index contributed by atoms with van der Waals surface area (Å²) in [5.74, 6) is -3.38. The van der Waals surface area contributed by atoms with Crippen LogP contribution in [0.4, 0.5) is 17.6 Å². The number of nitrogens with zero attached hydrogens (tertiary/aromatic N) is 3. The summed E-state index contributed by atoms with van der Waals surface area (Å²) in [7, 11) is 0. The first-order valence-corrected chi connectivity index (χ1v) is 19.3. The van der Waals surface area contributed by atoms with E-state index in [1.165, 1.54) is 35.2 Å². The number of imide groups is 2. The summed E-state index contributed by atoms with van der Waals surface area (Å²) >= 11 is 0. The molecular weight excluding hydrogens is 812 g/mol. The van der Waals surface area contributed by atoms with Crippen molar-refractivity contribution in [3.63, 3.8) is 0 Å². The molecular formula is C42H42F4N4O11. The number of likely N-dealkylation sites (tertiary alicyclic amines) is 1. The highest BCUT2D eigenvalue weighted by Gasteiger charge is 2.49. The van der Waals surface area contributed by atoms with Crippen molar-refractivity contribution < 1.29 is 70.0 Å². The predicted molar refractivity (Wildman–Crippen MR) is 203 cm³/mol. The molecule has 0 aromatic heterocycles. The highest BCUT2D eigenvalue weighted by Crippen LogP contribution is 2.39. The van der Waals surface area contributed by atoms with Gasteiger partial charge in [-0.3, -0.25) is 34.2 Å². The van der Waals surface area contributed by atoms with Gasteiger partial charge in [0.05, 0.1) is 68.0 Å². The van der Waals surface area contributed by atoms with E-state index in [1.54, 1.807) is 32.0 Å². The van der Waals surface area contributed by atoms with Gasteiger partial charge in [0.2, 0.25) is 11.8 Å². The average Bonchev–Trinajstić information content (AvgIpc) is 3.59. The number of nitrogens with one attached hydrogen (secondary N) is 1. The van der Waals surface area contributed by atoms with Crippen LogP contribution >= 0.6 is 0 Å². The minimum atomic E-state index is -4.79. The first kappa shape index (κ1) is 44.5. The third-order valence-electron chi connectivity index (χ3n) is 10.1. The fourth-order valence-corrected chi connectivity index (χ4v) is 7.09. The van der Waals surface area contributed by atoms with E-state index < -0.39 is 70.2 Å². The minimum absolute atomic E-state index is 0.0162. The Morgan fingerprint density at radius 2 is 1.49 bits per heavy atom. The molecule has 3 aromatic rings. The lowest BCUT2D eigenvalue weighted by atomic mass is 9.89. The maximum atomic E-state index is 15.1. The Labute approximate surface area is 347 Å². The van der Waals surface area contributed by atoms with Gasteiger partial charge in [-0.25, -0.2) is 4.39 Å². The van der Waals surface area contributed by atoms with Crippen LogP contribution in [0.25, 0.3) is 0 Å². The van der Waals surface area contributed by atoms with E-state index in [4.69, 9.17) is 33.7 Å². The number of hydrogen-bond donors (Lipinski definition) is 1. The molecule has 0 saturated carbocycles. The minimum Gasteiger partial charge on any atom is -0.491 e. The largest absolute Gasteiger partial charge is 0.491 e. The highest BCUT2D eigenvalue weighted by atomic mass is 19.4. The Balaban J connectivity index is 0.837. The molecule has 324 valence electrons. The van der Waals surface area contributed by atoms with Gasteiger partial charge in [0, 0.05) is 36.6 Å². The molecule has 0 spiro atoms. The third-order valence-corrected chi connectivity index (χ3v) is 10.1. The maximum Gasteiger partial charge on any atom is 0.417 e. The summed E-state index contributed by atoms with van der Waals surface area (Å²) < 4.78 is 89.1. The third kappa shape index (κ3) is 10.4. The predicted octanol–water partition coefficient (Wildman–Crippen LogP) is 4.44. The van der Waals surface area contributed by atoms with Crippen LogP contribution in [0.15, 0.2) is 54.6 Å². The maximum absolute atomic E-state index is 15.1. The van der Waals surface area contributed by atoms with E-state index in [0.717, 1.165) is 11.0 Å². The summed E-state index contributed by atoms with van der Waals surface area (Å²) in [4.78, 5) is 65.5. The Bertz CT molecular complexity index is 2210. The van der Waals surface area contributed by atoms with Crippen molar-refractivity contribution >= 4 is 29.5 Å². The number of hydrogen-bond acceptors (Lipinski definition) is 12. The van der Waals surface area contributed by atoms with Gasteiger partial charge in [-0.05, 0) is 42.8 Å². The van der Waals surface area contributed by atoms with Crippen LogP contribution < -0.4 is 19.5 Å². The Kier molecular flexibility index (Phi) is 13.9. The number of alkyl halides is 3. The zero-order valence-corrected chi connectivity index (χ0v) is 33.2. The summed E-state index contributed by atoms with van der Waals surface area (Å²) in [5, 5.41) is 11.2. The molecule has 3 aliphatic rings. The van der Waals surface area contributed by atoms with Gasteiger partial charge in [-0.2, -0.15) is 18.4 Å². The average molecular weight is 855 g/mol. The van der Waals surface area contributed by atoms with Gasteiger partial charge in [-0.15, -0.1) is 0 Å². The quantitative estimate of drug-likeness (QED) is 0.102. The fraction of sp³-hybridized carbons (Fsp3) is 0.429. The molecule has 2 saturated heterocycles. The standard InChI is InChI=1S/C42H42F4N4O11/c1-41(2)24-49(40(55)36(41)61-28-9-6-25(22-47)30(20-28)42(44,45)46)23-26-7-8-27(21-31(26)43)59-18-16-57-14-12-56-13-15-58-17-19-60-33-5-3-4-29-35(33)39(54)50(38(29)53)32-10-11-34(51)48-37(32)52/h3-9,20-21,32,36H,10-19,23-24H2,1-2H3,(H,48,51,52). The van der Waals surface area contributed by atoms with Gasteiger partial charge in [-0.1, -0.05) is 26.0 Å². The molecule has 5 amide bonds. The van der Waals surface area contributed by atoms with E-state index in [1.807, 2.05) is 0 Å². The molecule has 2 unspecified atom stereocenters. The number of nitriles is 1. The van der Waals surface area contributed by atoms with Crippen molar-refractivity contribution in [1.82, 2.24) is 15.1 Å². The van der Waals surface area contributed by atoms with Crippen molar-refractivity contribution in [2.75, 3.05) is 59.4 Å². The van der Waals surface area contributed by atoms with Gasteiger partial charge in [0.15, 0.2) is 6.10 Å². The van der Waals surface area contributed by atoms with Gasteiger partial charge < -0.3 is 33.3 Å². The van der Waals surface area contributed by atoms with Crippen molar-refractivity contribution in [2.24, 2.45) is 5.41 Å². The van der Waals surface area contributed by atoms with E-state index in [9.17, 15) is 37.1 Å². The zero-order valence-electron chi connectivity index (χ0n) is 33.2. The summed E-state index contributed by atoms with van der Waals surface area (Å²) in [6, 6.07) is 12.1. The van der Waals surface area contributed by atoms with Crippen molar-refractivity contribution in [2.45, 2.75) is 51.6 Å². The van der Waals surface area contributed by atoms with Crippen molar-refractivity contribution in [3.8, 4) is 23.3 Å². The van der Waals surface area contributed by atoms with E-state index >= 15 is 4.39 Å². The second-order valence-electron chi connectivity index (χ2n) is 14.9. The number of rotatable bonds is 19. The molecule has 2 atom stereocenters. The number of benzene rings is 3. The molecule has 2 fully saturated rings. The Hall–Kier alpha value is -6.10. The van der Waals surface area contributed by atoms with Crippen LogP contribution in [-0.2, 0) is 41.3 Å². The zero-order chi connectivity index (χ0) is 43.9. The number of carbonyl (C=O) groups is 5. The topological polar surface area (TPSA) is 183 Å². The number of ether oxygens (including phenoxy) is 6. The summed E-state index contributed by atoms with van der Waals surface area (Å²) in [6.45, 7) is 5.03. The van der Waals surface area contributed by atoms with Gasteiger partial charge >= 0.3 is 6.18 Å². The molecule has 1 N–H and O–H groups in total. The Morgan fingerprint density at radius 3 is 2.13 bits per heavy atom. The monoisotopic (exact) mass is 854 g/mol. The molecule has 61 heavy (non-hydrogen) atoms. The van der Waals surface area contributed by atoms with Crippen LogP contribution in [0.3, 0.4) is 0 Å². The van der Waals surface area contributed by atoms with Crippen LogP contribution in [0.1, 0.15) is 64.1 Å². The number of fused-ring (bicyclic) bond motifs is 1. The molecule has 3 aliphatic heterocycles. The lowest BCUT2D eigenvalue weighted by Gasteiger charge is -2.27. The lowest BCUT2D eigenvalue weighted by molar-refractivity contribution is -0.138. The smallest absolute Gasteiger partial charge is 0.417 e. The molecule has 0 bridgehead atoms. The second kappa shape index (κ2) is 19.1. The van der Waals surface area contributed by atoms with Crippen molar-refractivity contribution in [3.05, 3.63) is 88.2 Å². The number of piperidine rings is 1. The number of halogens is 4. The summed E-state index contributed by atoms with van der Waals surface area (Å²) in [6.07, 6.45) is -5.87. The fourth-order valence-electron chi connectivity index (χ4n) is 7.09.